The van der Waals surface area contributed by atoms with Gasteiger partial charge in [-0.05, 0) is 20.3 Å². The van der Waals surface area contributed by atoms with Crippen LogP contribution in [0.15, 0.2) is 6.20 Å². The predicted octanol–water partition coefficient (Wildman–Crippen LogP) is 1.88. The highest BCUT2D eigenvalue weighted by atomic mass is 16.5. The largest absolute Gasteiger partial charge is 0.476 e. The Hall–Kier alpha value is -1.12. The first-order chi connectivity index (χ1) is 5.74. The second-order valence-electron chi connectivity index (χ2n) is 2.75. The van der Waals surface area contributed by atoms with Crippen LogP contribution in [0.3, 0.4) is 0 Å². The number of hydrogen-bond acceptors (Lipinski definition) is 3. The van der Waals surface area contributed by atoms with E-state index < -0.39 is 0 Å². The summed E-state index contributed by atoms with van der Waals surface area (Å²) < 4.78 is 5.37. The summed E-state index contributed by atoms with van der Waals surface area (Å²) in [6, 6.07) is 0. The Bertz CT molecular complexity index is 261. The average Bonchev–Trinajstić information content (AvgIpc) is 2.03. The Morgan fingerprint density at radius 2 is 2.17 bits per heavy atom. The van der Waals surface area contributed by atoms with Gasteiger partial charge in [-0.3, -0.25) is 4.98 Å². The van der Waals surface area contributed by atoms with Crippen molar-refractivity contribution in [3.05, 3.63) is 17.6 Å². The molecule has 1 aromatic heterocycles. The van der Waals surface area contributed by atoms with Gasteiger partial charge in [0.05, 0.1) is 24.2 Å². The molecule has 0 amide bonds. The van der Waals surface area contributed by atoms with E-state index in [-0.39, 0.29) is 0 Å². The minimum atomic E-state index is 0.655. The standard InChI is InChI=1S/C9H14N2O/c1-4-5-12-9-8(3)11-7(2)6-10-9/h6H,4-5H2,1-3H3. The Labute approximate surface area is 72.8 Å². The van der Waals surface area contributed by atoms with E-state index >= 15 is 0 Å². The van der Waals surface area contributed by atoms with E-state index in [1.165, 1.54) is 0 Å². The molecule has 0 saturated carbocycles. The molecule has 0 unspecified atom stereocenters. The molecule has 1 aromatic rings. The van der Waals surface area contributed by atoms with Crippen LogP contribution >= 0.6 is 0 Å². The minimum absolute atomic E-state index is 0.655. The second-order valence-corrected chi connectivity index (χ2v) is 2.75. The van der Waals surface area contributed by atoms with E-state index in [1.807, 2.05) is 13.8 Å². The summed E-state index contributed by atoms with van der Waals surface area (Å²) in [7, 11) is 0. The molecule has 12 heavy (non-hydrogen) atoms. The van der Waals surface area contributed by atoms with Crippen LogP contribution in [-0.4, -0.2) is 16.6 Å². The SMILES string of the molecule is CCCOc1ncc(C)nc1C. The maximum absolute atomic E-state index is 5.37. The van der Waals surface area contributed by atoms with Crippen molar-refractivity contribution < 1.29 is 4.74 Å². The van der Waals surface area contributed by atoms with Crippen molar-refractivity contribution in [2.75, 3.05) is 6.61 Å². The van der Waals surface area contributed by atoms with Gasteiger partial charge in [0.15, 0.2) is 0 Å². The van der Waals surface area contributed by atoms with Crippen LogP contribution in [0.25, 0.3) is 0 Å². The van der Waals surface area contributed by atoms with Crippen LogP contribution < -0.4 is 4.74 Å². The van der Waals surface area contributed by atoms with E-state index in [1.54, 1.807) is 6.20 Å². The highest BCUT2D eigenvalue weighted by Gasteiger charge is 2.00. The van der Waals surface area contributed by atoms with E-state index in [9.17, 15) is 0 Å². The fourth-order valence-corrected chi connectivity index (χ4v) is 0.927. The molecule has 0 aromatic carbocycles. The van der Waals surface area contributed by atoms with Gasteiger partial charge in [0.2, 0.25) is 5.88 Å². The van der Waals surface area contributed by atoms with Crippen LogP contribution in [0, 0.1) is 13.8 Å². The molecule has 0 aliphatic carbocycles. The molecule has 0 saturated heterocycles. The first-order valence-electron chi connectivity index (χ1n) is 4.17. The lowest BCUT2D eigenvalue weighted by Gasteiger charge is -2.05. The van der Waals surface area contributed by atoms with Crippen molar-refractivity contribution >= 4 is 0 Å². The van der Waals surface area contributed by atoms with E-state index in [4.69, 9.17) is 4.74 Å². The zero-order valence-corrected chi connectivity index (χ0v) is 7.79. The first kappa shape index (κ1) is 8.97. The van der Waals surface area contributed by atoms with Crippen molar-refractivity contribution in [2.45, 2.75) is 27.2 Å². The van der Waals surface area contributed by atoms with Crippen LogP contribution in [-0.2, 0) is 0 Å². The minimum Gasteiger partial charge on any atom is -0.476 e. The van der Waals surface area contributed by atoms with Gasteiger partial charge in [0.1, 0.15) is 0 Å². The summed E-state index contributed by atoms with van der Waals surface area (Å²) in [5.41, 5.74) is 1.79. The van der Waals surface area contributed by atoms with Gasteiger partial charge in [-0.1, -0.05) is 6.92 Å². The van der Waals surface area contributed by atoms with Gasteiger partial charge in [0.25, 0.3) is 0 Å². The smallest absolute Gasteiger partial charge is 0.235 e. The van der Waals surface area contributed by atoms with Crippen LogP contribution in [0.1, 0.15) is 24.7 Å². The Balaban J connectivity index is 2.72. The summed E-state index contributed by atoms with van der Waals surface area (Å²) in [6.45, 7) is 6.60. The molecule has 0 N–H and O–H groups in total. The van der Waals surface area contributed by atoms with E-state index in [2.05, 4.69) is 16.9 Å². The second kappa shape index (κ2) is 4.04. The lowest BCUT2D eigenvalue weighted by atomic mass is 10.4. The number of rotatable bonds is 3. The molecule has 3 heteroatoms. The molecule has 0 aliphatic rings. The maximum Gasteiger partial charge on any atom is 0.235 e. The van der Waals surface area contributed by atoms with Gasteiger partial charge < -0.3 is 4.74 Å². The first-order valence-corrected chi connectivity index (χ1v) is 4.17. The van der Waals surface area contributed by atoms with Gasteiger partial charge in [0, 0.05) is 0 Å². The van der Waals surface area contributed by atoms with Gasteiger partial charge >= 0.3 is 0 Å². The molecule has 1 heterocycles. The number of hydrogen-bond donors (Lipinski definition) is 0. The topological polar surface area (TPSA) is 35.0 Å². The van der Waals surface area contributed by atoms with Gasteiger partial charge in [-0.2, -0.15) is 0 Å². The summed E-state index contributed by atoms with van der Waals surface area (Å²) in [5.74, 6) is 0.655. The molecule has 0 aliphatic heterocycles. The third kappa shape index (κ3) is 2.19. The predicted molar refractivity (Wildman–Crippen MR) is 47.3 cm³/mol. The quantitative estimate of drug-likeness (QED) is 0.687. The molecule has 66 valence electrons. The van der Waals surface area contributed by atoms with Crippen molar-refractivity contribution in [3.8, 4) is 5.88 Å². The molecule has 1 rings (SSSR count). The Morgan fingerprint density at radius 1 is 1.42 bits per heavy atom. The zero-order valence-electron chi connectivity index (χ0n) is 7.79. The van der Waals surface area contributed by atoms with E-state index in [0.717, 1.165) is 17.8 Å². The normalized spacial score (nSPS) is 9.92. The summed E-state index contributed by atoms with van der Waals surface area (Å²) in [6.07, 6.45) is 2.72. The van der Waals surface area contributed by atoms with E-state index in [0.29, 0.717) is 12.5 Å². The molecule has 3 nitrogen and oxygen atoms in total. The lowest BCUT2D eigenvalue weighted by Crippen LogP contribution is -2.01. The Morgan fingerprint density at radius 3 is 2.75 bits per heavy atom. The van der Waals surface area contributed by atoms with Crippen LogP contribution in [0.5, 0.6) is 5.88 Å². The Kier molecular flexibility index (Phi) is 3.02. The third-order valence-electron chi connectivity index (χ3n) is 1.47. The van der Waals surface area contributed by atoms with Crippen molar-refractivity contribution in [2.24, 2.45) is 0 Å². The fraction of sp³-hybridized carbons (Fsp3) is 0.556. The van der Waals surface area contributed by atoms with Gasteiger partial charge in [-0.15, -0.1) is 0 Å². The molecule has 0 spiro atoms. The number of ether oxygens (including phenoxy) is 1. The van der Waals surface area contributed by atoms with Crippen molar-refractivity contribution in [3.63, 3.8) is 0 Å². The molecule has 0 atom stereocenters. The molecular formula is C9H14N2O. The van der Waals surface area contributed by atoms with Crippen molar-refractivity contribution in [1.29, 1.82) is 0 Å². The highest BCUT2D eigenvalue weighted by Crippen LogP contribution is 2.10. The summed E-state index contributed by atoms with van der Waals surface area (Å²) in [4.78, 5) is 8.37. The van der Waals surface area contributed by atoms with Crippen LogP contribution in [0.2, 0.25) is 0 Å². The molecular weight excluding hydrogens is 152 g/mol. The average molecular weight is 166 g/mol. The molecule has 0 fully saturated rings. The zero-order chi connectivity index (χ0) is 8.97. The number of nitrogens with zero attached hydrogens (tertiary/aromatic N) is 2. The third-order valence-corrected chi connectivity index (χ3v) is 1.47. The van der Waals surface area contributed by atoms with Crippen LogP contribution in [0.4, 0.5) is 0 Å². The maximum atomic E-state index is 5.37. The summed E-state index contributed by atoms with van der Waals surface area (Å²) >= 11 is 0. The lowest BCUT2D eigenvalue weighted by molar-refractivity contribution is 0.301. The molecule has 0 radical (unpaired) electrons. The van der Waals surface area contributed by atoms with Crippen molar-refractivity contribution in [1.82, 2.24) is 9.97 Å². The summed E-state index contributed by atoms with van der Waals surface area (Å²) in [5, 5.41) is 0. The van der Waals surface area contributed by atoms with Gasteiger partial charge in [-0.25, -0.2) is 4.98 Å². The molecule has 0 bridgehead atoms. The highest BCUT2D eigenvalue weighted by molar-refractivity contribution is 5.17. The fourth-order valence-electron chi connectivity index (χ4n) is 0.927. The number of aryl methyl sites for hydroxylation is 2. The monoisotopic (exact) mass is 166 g/mol. The number of aromatic nitrogens is 2.